The highest BCUT2D eigenvalue weighted by atomic mass is 127. The van der Waals surface area contributed by atoms with E-state index in [1.807, 2.05) is 29.3 Å². The zero-order valence-corrected chi connectivity index (χ0v) is 35.7. The van der Waals surface area contributed by atoms with Gasteiger partial charge in [0.25, 0.3) is 5.69 Å². The SMILES string of the molecule is COC(=O)c1c(CCCO[Si](C)(C)C(C)(C)C)c2ccc(CI)c(-c3c(CNS(=O)(=O)c4ccccc4[N+](=O)[O-])nn(C4CCCCO4)c3C)c2n1C. The van der Waals surface area contributed by atoms with Gasteiger partial charge >= 0.3 is 5.97 Å². The van der Waals surface area contributed by atoms with Gasteiger partial charge < -0.3 is 18.5 Å². The number of rotatable bonds is 14. The number of aromatic nitrogens is 3. The number of nitro benzene ring substituents is 1. The molecule has 1 aliphatic rings. The quantitative estimate of drug-likeness (QED) is 0.0251. The number of halogens is 1. The Morgan fingerprint density at radius 2 is 1.89 bits per heavy atom. The van der Waals surface area contributed by atoms with Crippen LogP contribution in [0.15, 0.2) is 41.3 Å². The molecule has 16 heteroatoms. The van der Waals surface area contributed by atoms with Crippen LogP contribution in [-0.4, -0.2) is 62.3 Å². The largest absolute Gasteiger partial charge is 0.464 e. The van der Waals surface area contributed by atoms with E-state index in [9.17, 15) is 23.3 Å². The third-order valence-corrected chi connectivity index (χ3v) is 17.4. The number of fused-ring (bicyclic) bond motifs is 1. The Labute approximate surface area is 326 Å². The van der Waals surface area contributed by atoms with Crippen LogP contribution in [-0.2, 0) is 48.4 Å². The van der Waals surface area contributed by atoms with Gasteiger partial charge in [0.2, 0.25) is 10.0 Å². The van der Waals surface area contributed by atoms with Crippen LogP contribution in [0, 0.1) is 17.0 Å². The maximum Gasteiger partial charge on any atom is 0.354 e. The average Bonchev–Trinajstić information content (AvgIpc) is 3.60. The fraction of sp³-hybridized carbons (Fsp3) is 0.514. The number of nitrogens with one attached hydrogen (secondary N) is 1. The summed E-state index contributed by atoms with van der Waals surface area (Å²) < 4.78 is 52.1. The summed E-state index contributed by atoms with van der Waals surface area (Å²) >= 11 is 2.31. The first-order valence-corrected chi connectivity index (χ1v) is 23.7. The van der Waals surface area contributed by atoms with Gasteiger partial charge in [0.15, 0.2) is 13.2 Å². The van der Waals surface area contributed by atoms with E-state index in [1.165, 1.54) is 25.3 Å². The van der Waals surface area contributed by atoms with E-state index in [1.54, 1.807) is 0 Å². The molecule has 5 rings (SSSR count). The van der Waals surface area contributed by atoms with Crippen molar-refractivity contribution in [1.82, 2.24) is 19.1 Å². The first kappa shape index (κ1) is 41.0. The molecule has 1 fully saturated rings. The maximum atomic E-state index is 13.6. The van der Waals surface area contributed by atoms with Gasteiger partial charge in [0.05, 0.1) is 29.8 Å². The number of carbonyl (C=O) groups is 1. The van der Waals surface area contributed by atoms with E-state index < -0.39 is 39.8 Å². The molecule has 3 heterocycles. The Bertz CT molecular complexity index is 2120. The summed E-state index contributed by atoms with van der Waals surface area (Å²) in [6.07, 6.45) is 3.57. The summed E-state index contributed by atoms with van der Waals surface area (Å²) in [5.74, 6) is -0.452. The Morgan fingerprint density at radius 3 is 2.51 bits per heavy atom. The number of ether oxygens (including phenoxy) is 2. The Hall–Kier alpha value is -3.16. The summed E-state index contributed by atoms with van der Waals surface area (Å²) in [4.78, 5) is 24.1. The number of hydrogen-bond donors (Lipinski definition) is 1. The number of para-hydroxylation sites is 1. The number of nitro groups is 1. The van der Waals surface area contributed by atoms with Crippen molar-refractivity contribution in [3.8, 4) is 11.1 Å². The number of benzene rings is 2. The van der Waals surface area contributed by atoms with Crippen molar-refractivity contribution >= 4 is 63.5 Å². The molecule has 0 radical (unpaired) electrons. The molecule has 0 saturated carbocycles. The van der Waals surface area contributed by atoms with Crippen LogP contribution in [0.1, 0.15) is 85.7 Å². The van der Waals surface area contributed by atoms with E-state index in [2.05, 4.69) is 67.2 Å². The summed E-state index contributed by atoms with van der Waals surface area (Å²) in [5, 5.41) is 17.7. The van der Waals surface area contributed by atoms with Gasteiger partial charge in [0, 0.05) is 53.0 Å². The van der Waals surface area contributed by atoms with E-state index in [4.69, 9.17) is 19.0 Å². The summed E-state index contributed by atoms with van der Waals surface area (Å²) in [5.41, 5.74) is 5.31. The minimum atomic E-state index is -4.33. The van der Waals surface area contributed by atoms with Crippen molar-refractivity contribution in [2.24, 2.45) is 7.05 Å². The number of alkyl halides is 1. The Morgan fingerprint density at radius 1 is 1.17 bits per heavy atom. The molecule has 1 N–H and O–H groups in total. The predicted molar refractivity (Wildman–Crippen MR) is 215 cm³/mol. The standard InChI is InChI=1S/C37H50IN5O8SSi/c1-24-32(28(40-42(24)31-17-11-12-20-50-31)23-39-52(47,48)30-16-10-9-15-29(30)43(45)46)33-25(22-38)18-19-27-26(35(36(44)49-6)41(5)34(27)33)14-13-21-51-53(7,8)37(2,3)4/h9-10,15-16,18-19,31,39H,11-14,17,20-23H2,1-8H3. The number of nitrogens with zero attached hydrogens (tertiary/aromatic N) is 4. The van der Waals surface area contributed by atoms with Crippen LogP contribution in [0.4, 0.5) is 5.69 Å². The highest BCUT2D eigenvalue weighted by molar-refractivity contribution is 14.1. The zero-order valence-electron chi connectivity index (χ0n) is 31.7. The van der Waals surface area contributed by atoms with Crippen LogP contribution in [0.2, 0.25) is 18.1 Å². The second kappa shape index (κ2) is 16.3. The molecule has 0 amide bonds. The third-order valence-electron chi connectivity index (χ3n) is 10.6. The summed E-state index contributed by atoms with van der Waals surface area (Å²) in [6.45, 7) is 13.9. The van der Waals surface area contributed by atoms with Crippen LogP contribution in [0.3, 0.4) is 0 Å². The number of methoxy groups -OCH3 is 1. The molecule has 4 aromatic rings. The first-order chi connectivity index (χ1) is 24.9. The fourth-order valence-corrected chi connectivity index (χ4v) is 9.64. The highest BCUT2D eigenvalue weighted by Gasteiger charge is 2.37. The second-order valence-electron chi connectivity index (χ2n) is 14.9. The Balaban J connectivity index is 1.67. The number of aryl methyl sites for hydroxylation is 2. The lowest BCUT2D eigenvalue weighted by atomic mass is 9.94. The van der Waals surface area contributed by atoms with Crippen molar-refractivity contribution in [3.63, 3.8) is 0 Å². The first-order valence-electron chi connectivity index (χ1n) is 17.8. The number of sulfonamides is 1. The lowest BCUT2D eigenvalue weighted by Gasteiger charge is -2.36. The molecule has 1 atom stereocenters. The molecule has 288 valence electrons. The molecule has 1 unspecified atom stereocenters. The van der Waals surface area contributed by atoms with Gasteiger partial charge in [-0.25, -0.2) is 22.6 Å². The van der Waals surface area contributed by atoms with E-state index >= 15 is 0 Å². The molecular weight excluding hydrogens is 829 g/mol. The van der Waals surface area contributed by atoms with Crippen molar-refractivity contribution in [2.75, 3.05) is 20.3 Å². The van der Waals surface area contributed by atoms with Gasteiger partial charge in [-0.2, -0.15) is 5.10 Å². The van der Waals surface area contributed by atoms with Crippen LogP contribution >= 0.6 is 22.6 Å². The lowest BCUT2D eigenvalue weighted by molar-refractivity contribution is -0.387. The fourth-order valence-electron chi connectivity index (χ4n) is 6.76. The minimum Gasteiger partial charge on any atom is -0.464 e. The monoisotopic (exact) mass is 879 g/mol. The molecule has 0 bridgehead atoms. The maximum absolute atomic E-state index is 13.6. The van der Waals surface area contributed by atoms with Crippen molar-refractivity contribution in [1.29, 1.82) is 0 Å². The molecule has 2 aromatic heterocycles. The van der Waals surface area contributed by atoms with E-state index in [0.29, 0.717) is 47.4 Å². The summed E-state index contributed by atoms with van der Waals surface area (Å²) in [6, 6.07) is 9.35. The molecule has 0 aliphatic carbocycles. The molecule has 2 aromatic carbocycles. The van der Waals surface area contributed by atoms with Crippen molar-refractivity contribution < 1.29 is 32.0 Å². The molecule has 1 saturated heterocycles. The van der Waals surface area contributed by atoms with Gasteiger partial charge in [-0.15, -0.1) is 0 Å². The number of carbonyl (C=O) groups excluding carboxylic acids is 1. The number of hydrogen-bond acceptors (Lipinski definition) is 9. The smallest absolute Gasteiger partial charge is 0.354 e. The van der Waals surface area contributed by atoms with Gasteiger partial charge in [-0.1, -0.05) is 67.6 Å². The number of esters is 1. The highest BCUT2D eigenvalue weighted by Crippen LogP contribution is 2.42. The molecule has 53 heavy (non-hydrogen) atoms. The second-order valence-corrected chi connectivity index (χ2v) is 22.2. The van der Waals surface area contributed by atoms with Crippen molar-refractivity contribution in [3.05, 3.63) is 74.7 Å². The average molecular weight is 880 g/mol. The van der Waals surface area contributed by atoms with E-state index in [-0.39, 0.29) is 17.8 Å². The lowest BCUT2D eigenvalue weighted by Crippen LogP contribution is -2.41. The Kier molecular flexibility index (Phi) is 12.6. The summed E-state index contributed by atoms with van der Waals surface area (Å²) in [7, 11) is -3.07. The normalized spacial score (nSPS) is 15.6. The third kappa shape index (κ3) is 8.27. The minimum absolute atomic E-state index is 0.0705. The molecular formula is C37H50IN5O8SSi. The van der Waals surface area contributed by atoms with Gasteiger partial charge in [-0.3, -0.25) is 10.1 Å². The van der Waals surface area contributed by atoms with Gasteiger partial charge in [0.1, 0.15) is 11.9 Å². The van der Waals surface area contributed by atoms with E-state index in [0.717, 1.165) is 58.6 Å². The van der Waals surface area contributed by atoms with Crippen molar-refractivity contribution in [2.45, 2.75) is 100 Å². The van der Waals surface area contributed by atoms with Crippen LogP contribution < -0.4 is 4.72 Å². The van der Waals surface area contributed by atoms with Crippen LogP contribution in [0.5, 0.6) is 0 Å². The molecule has 0 spiro atoms. The van der Waals surface area contributed by atoms with Crippen LogP contribution in [0.25, 0.3) is 22.0 Å². The molecule has 13 nitrogen and oxygen atoms in total. The predicted octanol–water partition coefficient (Wildman–Crippen LogP) is 8.11. The van der Waals surface area contributed by atoms with Gasteiger partial charge in [-0.05, 0) is 74.4 Å². The molecule has 1 aliphatic heterocycles. The zero-order chi connectivity index (χ0) is 38.9. The topological polar surface area (TPSA) is 157 Å².